The first-order chi connectivity index (χ1) is 6.62. The fraction of sp³-hybridized carbons (Fsp3) is 0.900. The third-order valence-electron chi connectivity index (χ3n) is 3.46. The lowest BCUT2D eigenvalue weighted by Crippen LogP contribution is -2.62. The summed E-state index contributed by atoms with van der Waals surface area (Å²) in [6, 6.07) is 0. The SMILES string of the molecule is CN1CC2(COCCC2CC(=O)O)C1. The maximum atomic E-state index is 10.7. The smallest absolute Gasteiger partial charge is 0.303 e. The molecule has 1 atom stereocenters. The lowest BCUT2D eigenvalue weighted by molar-refractivity contribution is -0.154. The van der Waals surface area contributed by atoms with Gasteiger partial charge in [0.2, 0.25) is 0 Å². The predicted molar refractivity (Wildman–Crippen MR) is 51.1 cm³/mol. The van der Waals surface area contributed by atoms with Crippen LogP contribution in [0.3, 0.4) is 0 Å². The molecule has 0 radical (unpaired) electrons. The van der Waals surface area contributed by atoms with Gasteiger partial charge < -0.3 is 14.7 Å². The molecule has 2 aliphatic heterocycles. The van der Waals surface area contributed by atoms with Gasteiger partial charge in [0.15, 0.2) is 0 Å². The summed E-state index contributed by atoms with van der Waals surface area (Å²) >= 11 is 0. The topological polar surface area (TPSA) is 49.8 Å². The highest BCUT2D eigenvalue weighted by molar-refractivity contribution is 5.67. The van der Waals surface area contributed by atoms with Crippen molar-refractivity contribution in [1.29, 1.82) is 0 Å². The molecular weight excluding hydrogens is 182 g/mol. The number of likely N-dealkylation sites (tertiary alicyclic amines) is 1. The van der Waals surface area contributed by atoms with Crippen LogP contribution in [0.2, 0.25) is 0 Å². The maximum Gasteiger partial charge on any atom is 0.303 e. The van der Waals surface area contributed by atoms with Crippen LogP contribution in [-0.2, 0) is 9.53 Å². The largest absolute Gasteiger partial charge is 0.481 e. The Morgan fingerprint density at radius 3 is 2.93 bits per heavy atom. The van der Waals surface area contributed by atoms with Crippen molar-refractivity contribution in [2.45, 2.75) is 12.8 Å². The molecule has 2 heterocycles. The second-order valence-electron chi connectivity index (χ2n) is 4.67. The van der Waals surface area contributed by atoms with E-state index in [-0.39, 0.29) is 5.41 Å². The van der Waals surface area contributed by atoms with Gasteiger partial charge >= 0.3 is 5.97 Å². The van der Waals surface area contributed by atoms with Crippen molar-refractivity contribution in [2.75, 3.05) is 33.4 Å². The Morgan fingerprint density at radius 1 is 1.64 bits per heavy atom. The summed E-state index contributed by atoms with van der Waals surface area (Å²) in [4.78, 5) is 12.9. The number of hydrogen-bond donors (Lipinski definition) is 1. The Hall–Kier alpha value is -0.610. The van der Waals surface area contributed by atoms with Crippen molar-refractivity contribution >= 4 is 5.97 Å². The number of nitrogens with zero attached hydrogens (tertiary/aromatic N) is 1. The van der Waals surface area contributed by atoms with Crippen LogP contribution in [0.4, 0.5) is 0 Å². The standard InChI is InChI=1S/C10H17NO3/c1-11-5-10(6-11)7-14-3-2-8(10)4-9(12)13/h8H,2-7H2,1H3,(H,12,13). The van der Waals surface area contributed by atoms with Crippen molar-refractivity contribution in [2.24, 2.45) is 11.3 Å². The second kappa shape index (κ2) is 3.51. The summed E-state index contributed by atoms with van der Waals surface area (Å²) in [6.07, 6.45) is 1.21. The van der Waals surface area contributed by atoms with E-state index in [0.717, 1.165) is 32.7 Å². The van der Waals surface area contributed by atoms with Crippen LogP contribution in [-0.4, -0.2) is 49.3 Å². The molecule has 2 fully saturated rings. The third kappa shape index (κ3) is 1.64. The lowest BCUT2D eigenvalue weighted by atomic mass is 9.66. The molecule has 4 nitrogen and oxygen atoms in total. The van der Waals surface area contributed by atoms with Gasteiger partial charge in [0, 0.05) is 31.5 Å². The zero-order valence-electron chi connectivity index (χ0n) is 8.53. The zero-order valence-corrected chi connectivity index (χ0v) is 8.53. The molecule has 0 bridgehead atoms. The molecule has 1 N–H and O–H groups in total. The molecule has 80 valence electrons. The Kier molecular flexibility index (Phi) is 2.49. The summed E-state index contributed by atoms with van der Waals surface area (Å²) < 4.78 is 5.47. The van der Waals surface area contributed by atoms with E-state index >= 15 is 0 Å². The molecule has 0 aromatic rings. The van der Waals surface area contributed by atoms with Gasteiger partial charge in [-0.2, -0.15) is 0 Å². The fourth-order valence-corrected chi connectivity index (χ4v) is 2.83. The van der Waals surface area contributed by atoms with Crippen molar-refractivity contribution in [3.05, 3.63) is 0 Å². The van der Waals surface area contributed by atoms with Gasteiger partial charge in [0.05, 0.1) is 6.61 Å². The molecule has 0 amide bonds. The zero-order chi connectivity index (χ0) is 10.2. The highest BCUT2D eigenvalue weighted by Crippen LogP contribution is 2.43. The second-order valence-corrected chi connectivity index (χ2v) is 4.67. The lowest BCUT2D eigenvalue weighted by Gasteiger charge is -2.54. The summed E-state index contributed by atoms with van der Waals surface area (Å²) in [6.45, 7) is 3.45. The van der Waals surface area contributed by atoms with Gasteiger partial charge in [-0.1, -0.05) is 0 Å². The Morgan fingerprint density at radius 2 is 2.36 bits per heavy atom. The summed E-state index contributed by atoms with van der Waals surface area (Å²) in [7, 11) is 2.07. The highest BCUT2D eigenvalue weighted by atomic mass is 16.5. The minimum absolute atomic E-state index is 0.144. The molecule has 4 heteroatoms. The number of carboxylic acid groups (broad SMARTS) is 1. The van der Waals surface area contributed by atoms with Gasteiger partial charge in [-0.05, 0) is 19.4 Å². The van der Waals surface area contributed by atoms with Crippen LogP contribution in [0.1, 0.15) is 12.8 Å². The molecule has 0 saturated carbocycles. The number of carboxylic acids is 1. The molecule has 0 aliphatic carbocycles. The minimum atomic E-state index is -0.675. The first kappa shape index (κ1) is 9.93. The molecule has 2 rings (SSSR count). The fourth-order valence-electron chi connectivity index (χ4n) is 2.83. The van der Waals surface area contributed by atoms with Crippen molar-refractivity contribution in [3.63, 3.8) is 0 Å². The summed E-state index contributed by atoms with van der Waals surface area (Å²) in [5.74, 6) is -0.365. The Bertz CT molecular complexity index is 230. The molecule has 0 aromatic heterocycles. The van der Waals surface area contributed by atoms with E-state index < -0.39 is 5.97 Å². The van der Waals surface area contributed by atoms with Gasteiger partial charge in [0.1, 0.15) is 0 Å². The van der Waals surface area contributed by atoms with E-state index in [4.69, 9.17) is 9.84 Å². The van der Waals surface area contributed by atoms with Crippen LogP contribution in [0.15, 0.2) is 0 Å². The molecule has 1 spiro atoms. The predicted octanol–water partition coefficient (Wildman–Crippen LogP) is 0.429. The molecule has 2 aliphatic rings. The van der Waals surface area contributed by atoms with E-state index in [1.165, 1.54) is 0 Å². The number of carbonyl (C=O) groups is 1. The van der Waals surface area contributed by atoms with E-state index in [1.807, 2.05) is 0 Å². The van der Waals surface area contributed by atoms with E-state index in [2.05, 4.69) is 11.9 Å². The van der Waals surface area contributed by atoms with Crippen LogP contribution >= 0.6 is 0 Å². The van der Waals surface area contributed by atoms with E-state index in [1.54, 1.807) is 0 Å². The normalized spacial score (nSPS) is 31.4. The Balaban J connectivity index is 2.01. The first-order valence-electron chi connectivity index (χ1n) is 5.10. The third-order valence-corrected chi connectivity index (χ3v) is 3.46. The summed E-state index contributed by atoms with van der Waals surface area (Å²) in [5.41, 5.74) is 0.144. The number of hydrogen-bond acceptors (Lipinski definition) is 3. The van der Waals surface area contributed by atoms with Gasteiger partial charge in [-0.15, -0.1) is 0 Å². The number of aliphatic carboxylic acids is 1. The molecule has 1 unspecified atom stereocenters. The van der Waals surface area contributed by atoms with Gasteiger partial charge in [0.25, 0.3) is 0 Å². The van der Waals surface area contributed by atoms with Crippen LogP contribution in [0.25, 0.3) is 0 Å². The van der Waals surface area contributed by atoms with E-state index in [0.29, 0.717) is 12.3 Å². The number of ether oxygens (including phenoxy) is 1. The highest BCUT2D eigenvalue weighted by Gasteiger charge is 2.49. The average molecular weight is 199 g/mol. The molecule has 14 heavy (non-hydrogen) atoms. The van der Waals surface area contributed by atoms with Crippen molar-refractivity contribution < 1.29 is 14.6 Å². The van der Waals surface area contributed by atoms with Crippen molar-refractivity contribution in [1.82, 2.24) is 4.90 Å². The minimum Gasteiger partial charge on any atom is -0.481 e. The maximum absolute atomic E-state index is 10.7. The molecular formula is C10H17NO3. The van der Waals surface area contributed by atoms with Crippen LogP contribution in [0, 0.1) is 11.3 Å². The van der Waals surface area contributed by atoms with Crippen molar-refractivity contribution in [3.8, 4) is 0 Å². The van der Waals surface area contributed by atoms with Crippen LogP contribution < -0.4 is 0 Å². The quantitative estimate of drug-likeness (QED) is 0.700. The summed E-state index contributed by atoms with van der Waals surface area (Å²) in [5, 5.41) is 8.83. The van der Waals surface area contributed by atoms with Gasteiger partial charge in [-0.25, -0.2) is 0 Å². The van der Waals surface area contributed by atoms with Crippen LogP contribution in [0.5, 0.6) is 0 Å². The average Bonchev–Trinajstić information content (AvgIpc) is 2.05. The van der Waals surface area contributed by atoms with Gasteiger partial charge in [-0.3, -0.25) is 4.79 Å². The molecule has 2 saturated heterocycles. The Labute approximate surface area is 83.8 Å². The van der Waals surface area contributed by atoms with E-state index in [9.17, 15) is 4.79 Å². The number of rotatable bonds is 2. The first-order valence-corrected chi connectivity index (χ1v) is 5.10. The molecule has 0 aromatic carbocycles. The monoisotopic (exact) mass is 199 g/mol.